The molecule has 0 fully saturated rings. The number of nitro benzene ring substituents is 1. The fourth-order valence-corrected chi connectivity index (χ4v) is 2.27. The highest BCUT2D eigenvalue weighted by atomic mass is 16.6. The zero-order chi connectivity index (χ0) is 17.7. The standard InChI is InChI=1S/C18H20N2O4/c1-4-17(24-14-10-8-12(2)9-11-14)18(21)19-15-6-5-7-16(13(15)3)20(22)23/h5-11,17H,4H2,1-3H3,(H,19,21)/t17-/m0/s1. The van der Waals surface area contributed by atoms with Gasteiger partial charge in [-0.15, -0.1) is 0 Å². The van der Waals surface area contributed by atoms with Gasteiger partial charge in [0.05, 0.1) is 16.2 Å². The minimum absolute atomic E-state index is 0.0275. The van der Waals surface area contributed by atoms with Crippen molar-refractivity contribution in [3.8, 4) is 5.75 Å². The molecule has 0 radical (unpaired) electrons. The summed E-state index contributed by atoms with van der Waals surface area (Å²) < 4.78 is 5.72. The second-order valence-electron chi connectivity index (χ2n) is 5.52. The van der Waals surface area contributed by atoms with E-state index in [1.54, 1.807) is 19.1 Å². The van der Waals surface area contributed by atoms with Gasteiger partial charge in [-0.2, -0.15) is 0 Å². The molecule has 126 valence electrons. The predicted octanol–water partition coefficient (Wildman–Crippen LogP) is 4.01. The van der Waals surface area contributed by atoms with E-state index in [0.717, 1.165) is 5.56 Å². The monoisotopic (exact) mass is 328 g/mol. The molecule has 24 heavy (non-hydrogen) atoms. The highest BCUT2D eigenvalue weighted by molar-refractivity contribution is 5.95. The lowest BCUT2D eigenvalue weighted by Gasteiger charge is -2.18. The maximum absolute atomic E-state index is 12.4. The first kappa shape index (κ1) is 17.5. The van der Waals surface area contributed by atoms with Crippen LogP contribution in [0.3, 0.4) is 0 Å². The number of anilines is 1. The Balaban J connectivity index is 2.13. The summed E-state index contributed by atoms with van der Waals surface area (Å²) in [7, 11) is 0. The molecule has 0 aliphatic rings. The number of nitrogens with zero attached hydrogens (tertiary/aromatic N) is 1. The van der Waals surface area contributed by atoms with Gasteiger partial charge in [-0.3, -0.25) is 14.9 Å². The lowest BCUT2D eigenvalue weighted by molar-refractivity contribution is -0.385. The van der Waals surface area contributed by atoms with Gasteiger partial charge in [-0.25, -0.2) is 0 Å². The van der Waals surface area contributed by atoms with E-state index in [1.165, 1.54) is 6.07 Å². The smallest absolute Gasteiger partial charge is 0.274 e. The molecular weight excluding hydrogens is 308 g/mol. The van der Waals surface area contributed by atoms with E-state index in [9.17, 15) is 14.9 Å². The molecule has 0 bridgehead atoms. The lowest BCUT2D eigenvalue weighted by Crippen LogP contribution is -2.32. The predicted molar refractivity (Wildman–Crippen MR) is 92.3 cm³/mol. The zero-order valence-electron chi connectivity index (χ0n) is 13.9. The number of hydrogen-bond acceptors (Lipinski definition) is 4. The summed E-state index contributed by atoms with van der Waals surface area (Å²) in [5, 5.41) is 13.7. The Hall–Kier alpha value is -2.89. The summed E-state index contributed by atoms with van der Waals surface area (Å²) in [6.45, 7) is 5.42. The number of ether oxygens (including phenoxy) is 1. The van der Waals surface area contributed by atoms with E-state index in [4.69, 9.17) is 4.74 Å². The van der Waals surface area contributed by atoms with E-state index in [1.807, 2.05) is 38.1 Å². The largest absolute Gasteiger partial charge is 0.481 e. The van der Waals surface area contributed by atoms with Gasteiger partial charge in [0.15, 0.2) is 6.10 Å². The Labute approximate surface area is 140 Å². The van der Waals surface area contributed by atoms with E-state index in [0.29, 0.717) is 23.4 Å². The number of rotatable bonds is 6. The van der Waals surface area contributed by atoms with Gasteiger partial charge in [-0.05, 0) is 38.5 Å². The Morgan fingerprint density at radius 2 is 1.88 bits per heavy atom. The Kier molecular flexibility index (Phi) is 5.52. The van der Waals surface area contributed by atoms with Crippen molar-refractivity contribution in [2.45, 2.75) is 33.3 Å². The number of carbonyl (C=O) groups is 1. The molecule has 0 heterocycles. The van der Waals surface area contributed by atoms with Gasteiger partial charge in [0.25, 0.3) is 11.6 Å². The first-order valence-corrected chi connectivity index (χ1v) is 7.70. The number of aryl methyl sites for hydroxylation is 1. The van der Waals surface area contributed by atoms with Crippen LogP contribution in [0.5, 0.6) is 5.75 Å². The van der Waals surface area contributed by atoms with Crippen molar-refractivity contribution in [3.05, 3.63) is 63.7 Å². The molecule has 0 saturated heterocycles. The maximum atomic E-state index is 12.4. The third-order valence-electron chi connectivity index (χ3n) is 3.72. The molecular formula is C18H20N2O4. The average Bonchev–Trinajstić information content (AvgIpc) is 2.55. The molecule has 0 aromatic heterocycles. The quantitative estimate of drug-likeness (QED) is 0.641. The van der Waals surface area contributed by atoms with Crippen LogP contribution in [0.2, 0.25) is 0 Å². The Bertz CT molecular complexity index is 741. The van der Waals surface area contributed by atoms with Crippen LogP contribution >= 0.6 is 0 Å². The van der Waals surface area contributed by atoms with E-state index in [-0.39, 0.29) is 11.6 Å². The van der Waals surface area contributed by atoms with Crippen molar-refractivity contribution < 1.29 is 14.5 Å². The SMILES string of the molecule is CC[C@H](Oc1ccc(C)cc1)C(=O)Nc1cccc([N+](=O)[O-])c1C. The van der Waals surface area contributed by atoms with Crippen molar-refractivity contribution in [1.82, 2.24) is 0 Å². The molecule has 0 aliphatic carbocycles. The van der Waals surface area contributed by atoms with Crippen LogP contribution in [0.4, 0.5) is 11.4 Å². The first-order chi connectivity index (χ1) is 11.4. The maximum Gasteiger partial charge on any atom is 0.274 e. The van der Waals surface area contributed by atoms with Crippen molar-refractivity contribution in [2.24, 2.45) is 0 Å². The van der Waals surface area contributed by atoms with Crippen molar-refractivity contribution in [1.29, 1.82) is 0 Å². The van der Waals surface area contributed by atoms with Gasteiger partial charge in [0.1, 0.15) is 5.75 Å². The van der Waals surface area contributed by atoms with Crippen LogP contribution in [-0.2, 0) is 4.79 Å². The highest BCUT2D eigenvalue weighted by Gasteiger charge is 2.21. The third-order valence-corrected chi connectivity index (χ3v) is 3.72. The van der Waals surface area contributed by atoms with Gasteiger partial charge >= 0.3 is 0 Å². The second-order valence-corrected chi connectivity index (χ2v) is 5.52. The summed E-state index contributed by atoms with van der Waals surface area (Å²) in [6, 6.07) is 12.0. The molecule has 1 N–H and O–H groups in total. The highest BCUT2D eigenvalue weighted by Crippen LogP contribution is 2.25. The zero-order valence-corrected chi connectivity index (χ0v) is 13.9. The van der Waals surface area contributed by atoms with Crippen LogP contribution in [0.25, 0.3) is 0 Å². The molecule has 0 spiro atoms. The molecule has 1 atom stereocenters. The van der Waals surface area contributed by atoms with Gasteiger partial charge in [0.2, 0.25) is 0 Å². The van der Waals surface area contributed by atoms with Crippen molar-refractivity contribution >= 4 is 17.3 Å². The van der Waals surface area contributed by atoms with E-state index in [2.05, 4.69) is 5.32 Å². The molecule has 6 heteroatoms. The summed E-state index contributed by atoms with van der Waals surface area (Å²) in [4.78, 5) is 23.0. The summed E-state index contributed by atoms with van der Waals surface area (Å²) >= 11 is 0. The second kappa shape index (κ2) is 7.59. The van der Waals surface area contributed by atoms with Crippen LogP contribution in [-0.4, -0.2) is 16.9 Å². The number of benzene rings is 2. The minimum Gasteiger partial charge on any atom is -0.481 e. The molecule has 1 amide bonds. The van der Waals surface area contributed by atoms with Gasteiger partial charge in [0, 0.05) is 6.07 Å². The van der Waals surface area contributed by atoms with Crippen LogP contribution in [0.15, 0.2) is 42.5 Å². The van der Waals surface area contributed by atoms with E-state index < -0.39 is 11.0 Å². The van der Waals surface area contributed by atoms with Crippen LogP contribution in [0, 0.1) is 24.0 Å². The average molecular weight is 328 g/mol. The number of hydrogen-bond donors (Lipinski definition) is 1. The Morgan fingerprint density at radius 3 is 2.46 bits per heavy atom. The molecule has 6 nitrogen and oxygen atoms in total. The normalized spacial score (nSPS) is 11.6. The van der Waals surface area contributed by atoms with Crippen molar-refractivity contribution in [2.75, 3.05) is 5.32 Å². The molecule has 0 saturated carbocycles. The molecule has 0 unspecified atom stereocenters. The molecule has 0 aliphatic heterocycles. The fraction of sp³-hybridized carbons (Fsp3) is 0.278. The molecule has 2 aromatic carbocycles. The topological polar surface area (TPSA) is 81.5 Å². The van der Waals surface area contributed by atoms with Crippen molar-refractivity contribution in [3.63, 3.8) is 0 Å². The van der Waals surface area contributed by atoms with Gasteiger partial charge < -0.3 is 10.1 Å². The summed E-state index contributed by atoms with van der Waals surface area (Å²) in [6.07, 6.45) is -0.195. The number of carbonyl (C=O) groups excluding carboxylic acids is 1. The van der Waals surface area contributed by atoms with Crippen LogP contribution in [0.1, 0.15) is 24.5 Å². The van der Waals surface area contributed by atoms with Crippen LogP contribution < -0.4 is 10.1 Å². The first-order valence-electron chi connectivity index (χ1n) is 7.70. The number of nitrogens with one attached hydrogen (secondary N) is 1. The lowest BCUT2D eigenvalue weighted by atomic mass is 10.1. The number of nitro groups is 1. The summed E-state index contributed by atoms with van der Waals surface area (Å²) in [5.74, 6) is 0.278. The minimum atomic E-state index is -0.675. The number of amides is 1. The Morgan fingerprint density at radius 1 is 1.21 bits per heavy atom. The third kappa shape index (κ3) is 4.10. The molecule has 2 rings (SSSR count). The fourth-order valence-electron chi connectivity index (χ4n) is 2.27. The van der Waals surface area contributed by atoms with Gasteiger partial charge in [-0.1, -0.05) is 30.7 Å². The molecule has 2 aromatic rings. The summed E-state index contributed by atoms with van der Waals surface area (Å²) in [5.41, 5.74) is 1.91. The van der Waals surface area contributed by atoms with E-state index >= 15 is 0 Å².